The Morgan fingerprint density at radius 2 is 1.85 bits per heavy atom. The molecule has 0 spiro atoms. The summed E-state index contributed by atoms with van der Waals surface area (Å²) in [7, 11) is 2.04. The number of hydrogen-bond donors (Lipinski definition) is 2. The number of aliphatic hydroxyl groups is 1. The van der Waals surface area contributed by atoms with Crippen LogP contribution in [0.25, 0.3) is 0 Å². The third kappa shape index (κ3) is 3.47. The number of hydrogen-bond acceptors (Lipinski definition) is 5. The number of primary amides is 1. The van der Waals surface area contributed by atoms with Crippen LogP contribution >= 0.6 is 0 Å². The molecule has 1 unspecified atom stereocenters. The summed E-state index contributed by atoms with van der Waals surface area (Å²) >= 11 is 0. The summed E-state index contributed by atoms with van der Waals surface area (Å²) in [6.45, 7) is 4.37. The average molecular weight is 284 g/mol. The number of carbonyl (C=O) groups is 2. The van der Waals surface area contributed by atoms with Crippen molar-refractivity contribution in [2.45, 2.75) is 18.4 Å². The van der Waals surface area contributed by atoms with E-state index in [1.54, 1.807) is 0 Å². The highest BCUT2D eigenvalue weighted by atomic mass is 16.3. The predicted molar refractivity (Wildman–Crippen MR) is 73.9 cm³/mol. The molecule has 0 saturated carbocycles. The third-order valence-corrected chi connectivity index (χ3v) is 4.22. The van der Waals surface area contributed by atoms with Crippen LogP contribution in [0.4, 0.5) is 0 Å². The van der Waals surface area contributed by atoms with Gasteiger partial charge in [-0.2, -0.15) is 0 Å². The number of likely N-dealkylation sites (N-methyl/N-ethyl adjacent to an activating group) is 1. The standard InChI is InChI=1S/C13H24N4O3/c1-15-5-7-17(8-6-15)11(18)9-16-4-2-3-13(20,10-16)12(14)19/h20H,2-10H2,1H3,(H2,14,19). The first-order valence-corrected chi connectivity index (χ1v) is 7.12. The number of nitrogens with zero attached hydrogens (tertiary/aromatic N) is 3. The highest BCUT2D eigenvalue weighted by Gasteiger charge is 2.39. The van der Waals surface area contributed by atoms with Crippen LogP contribution < -0.4 is 5.73 Å². The zero-order valence-corrected chi connectivity index (χ0v) is 12.0. The van der Waals surface area contributed by atoms with Crippen LogP contribution in [0, 0.1) is 0 Å². The van der Waals surface area contributed by atoms with Crippen LogP contribution in [-0.4, -0.2) is 90.1 Å². The van der Waals surface area contributed by atoms with E-state index in [2.05, 4.69) is 4.90 Å². The molecule has 114 valence electrons. The minimum absolute atomic E-state index is 0.0619. The van der Waals surface area contributed by atoms with E-state index in [-0.39, 0.29) is 19.0 Å². The van der Waals surface area contributed by atoms with E-state index < -0.39 is 11.5 Å². The van der Waals surface area contributed by atoms with Crippen LogP contribution in [0.5, 0.6) is 0 Å². The number of likely N-dealkylation sites (tertiary alicyclic amines) is 1. The molecule has 1 atom stereocenters. The molecule has 0 radical (unpaired) electrons. The summed E-state index contributed by atoms with van der Waals surface area (Å²) in [6.07, 6.45) is 1.05. The molecule has 2 saturated heterocycles. The van der Waals surface area contributed by atoms with Crippen LogP contribution in [0.2, 0.25) is 0 Å². The lowest BCUT2D eigenvalue weighted by atomic mass is 9.92. The lowest BCUT2D eigenvalue weighted by molar-refractivity contribution is -0.145. The number of amides is 2. The van der Waals surface area contributed by atoms with Crippen molar-refractivity contribution in [2.75, 3.05) is 52.9 Å². The maximum atomic E-state index is 12.2. The topological polar surface area (TPSA) is 90.1 Å². The summed E-state index contributed by atoms with van der Waals surface area (Å²) in [4.78, 5) is 29.4. The monoisotopic (exact) mass is 284 g/mol. The predicted octanol–water partition coefficient (Wildman–Crippen LogP) is -1.93. The van der Waals surface area contributed by atoms with Crippen LogP contribution in [0.15, 0.2) is 0 Å². The zero-order valence-electron chi connectivity index (χ0n) is 12.0. The first-order valence-electron chi connectivity index (χ1n) is 7.12. The normalized spacial score (nSPS) is 29.4. The van der Waals surface area contributed by atoms with Gasteiger partial charge in [0, 0.05) is 32.7 Å². The highest BCUT2D eigenvalue weighted by molar-refractivity contribution is 5.84. The van der Waals surface area contributed by atoms with Crippen molar-refractivity contribution < 1.29 is 14.7 Å². The smallest absolute Gasteiger partial charge is 0.250 e. The lowest BCUT2D eigenvalue weighted by Gasteiger charge is -2.38. The van der Waals surface area contributed by atoms with Gasteiger partial charge >= 0.3 is 0 Å². The molecule has 3 N–H and O–H groups in total. The van der Waals surface area contributed by atoms with E-state index in [0.717, 1.165) is 32.7 Å². The van der Waals surface area contributed by atoms with Gasteiger partial charge in [0.1, 0.15) is 0 Å². The number of piperazine rings is 1. The van der Waals surface area contributed by atoms with E-state index in [1.807, 2.05) is 16.8 Å². The quantitative estimate of drug-likeness (QED) is 0.630. The van der Waals surface area contributed by atoms with Crippen molar-refractivity contribution in [1.82, 2.24) is 14.7 Å². The fraction of sp³-hybridized carbons (Fsp3) is 0.846. The molecular formula is C13H24N4O3. The van der Waals surface area contributed by atoms with Gasteiger partial charge < -0.3 is 20.6 Å². The maximum Gasteiger partial charge on any atom is 0.250 e. The summed E-state index contributed by atoms with van der Waals surface area (Å²) in [5.74, 6) is -0.638. The van der Waals surface area contributed by atoms with Crippen molar-refractivity contribution in [2.24, 2.45) is 5.73 Å². The van der Waals surface area contributed by atoms with Crippen molar-refractivity contribution >= 4 is 11.8 Å². The van der Waals surface area contributed by atoms with Gasteiger partial charge in [-0.05, 0) is 26.4 Å². The first kappa shape index (κ1) is 15.2. The second-order valence-electron chi connectivity index (χ2n) is 5.89. The Bertz CT molecular complexity index is 382. The van der Waals surface area contributed by atoms with E-state index in [1.165, 1.54) is 0 Å². The van der Waals surface area contributed by atoms with E-state index in [0.29, 0.717) is 12.8 Å². The molecule has 2 fully saturated rings. The molecule has 0 bridgehead atoms. The summed E-state index contributed by atoms with van der Waals surface area (Å²) in [5.41, 5.74) is 3.75. The van der Waals surface area contributed by atoms with Crippen molar-refractivity contribution in [3.05, 3.63) is 0 Å². The van der Waals surface area contributed by atoms with Crippen molar-refractivity contribution in [1.29, 1.82) is 0 Å². The van der Waals surface area contributed by atoms with Gasteiger partial charge in [-0.3, -0.25) is 14.5 Å². The van der Waals surface area contributed by atoms with Gasteiger partial charge in [-0.1, -0.05) is 0 Å². The second-order valence-corrected chi connectivity index (χ2v) is 5.89. The minimum Gasteiger partial charge on any atom is -0.379 e. The van der Waals surface area contributed by atoms with Gasteiger partial charge in [-0.15, -0.1) is 0 Å². The van der Waals surface area contributed by atoms with Gasteiger partial charge in [0.05, 0.1) is 6.54 Å². The molecule has 2 aliphatic heterocycles. The Morgan fingerprint density at radius 1 is 1.20 bits per heavy atom. The molecule has 7 nitrogen and oxygen atoms in total. The second kappa shape index (κ2) is 6.07. The summed E-state index contributed by atoms with van der Waals surface area (Å²) in [6, 6.07) is 0. The average Bonchev–Trinajstić information content (AvgIpc) is 2.39. The Morgan fingerprint density at radius 3 is 2.45 bits per heavy atom. The Hall–Kier alpha value is -1.18. The van der Waals surface area contributed by atoms with E-state index in [4.69, 9.17) is 5.73 Å². The highest BCUT2D eigenvalue weighted by Crippen LogP contribution is 2.20. The molecule has 2 amide bonds. The Labute approximate surface area is 119 Å². The summed E-state index contributed by atoms with van der Waals surface area (Å²) in [5, 5.41) is 10.1. The largest absolute Gasteiger partial charge is 0.379 e. The lowest BCUT2D eigenvalue weighted by Crippen LogP contribution is -2.58. The van der Waals surface area contributed by atoms with Crippen LogP contribution in [-0.2, 0) is 9.59 Å². The maximum absolute atomic E-state index is 12.2. The number of carbonyl (C=O) groups excluding carboxylic acids is 2. The Kier molecular flexibility index (Phi) is 4.62. The van der Waals surface area contributed by atoms with Crippen LogP contribution in [0.1, 0.15) is 12.8 Å². The number of β-amino-alcohol motifs (C(OH)–C–C–N with tert-alkyl or cyclic N) is 1. The van der Waals surface area contributed by atoms with Gasteiger partial charge in [0.25, 0.3) is 5.91 Å². The first-order chi connectivity index (χ1) is 9.40. The minimum atomic E-state index is -1.49. The third-order valence-electron chi connectivity index (χ3n) is 4.22. The van der Waals surface area contributed by atoms with Gasteiger partial charge in [-0.25, -0.2) is 0 Å². The van der Waals surface area contributed by atoms with Crippen molar-refractivity contribution in [3.8, 4) is 0 Å². The van der Waals surface area contributed by atoms with Crippen LogP contribution in [0.3, 0.4) is 0 Å². The fourth-order valence-electron chi connectivity index (χ4n) is 2.81. The molecule has 0 aromatic heterocycles. The van der Waals surface area contributed by atoms with E-state index in [9.17, 15) is 14.7 Å². The Balaban J connectivity index is 1.86. The molecule has 0 aromatic rings. The number of nitrogens with two attached hydrogens (primary N) is 1. The van der Waals surface area contributed by atoms with Gasteiger partial charge in [0.2, 0.25) is 5.91 Å². The molecule has 2 heterocycles. The molecule has 2 rings (SSSR count). The SMILES string of the molecule is CN1CCN(C(=O)CN2CCCC(O)(C(N)=O)C2)CC1. The van der Waals surface area contributed by atoms with Gasteiger partial charge in [0.15, 0.2) is 5.60 Å². The molecular weight excluding hydrogens is 260 g/mol. The molecule has 2 aliphatic rings. The number of piperidine rings is 1. The number of rotatable bonds is 3. The molecule has 20 heavy (non-hydrogen) atoms. The molecule has 0 aliphatic carbocycles. The fourth-order valence-corrected chi connectivity index (χ4v) is 2.81. The van der Waals surface area contributed by atoms with Crippen molar-refractivity contribution in [3.63, 3.8) is 0 Å². The summed E-state index contributed by atoms with van der Waals surface area (Å²) < 4.78 is 0. The zero-order chi connectivity index (χ0) is 14.8. The van der Waals surface area contributed by atoms with E-state index >= 15 is 0 Å². The molecule has 0 aromatic carbocycles. The molecule has 7 heteroatoms.